The average molecular weight is 292 g/mol. The predicted molar refractivity (Wildman–Crippen MR) is 85.1 cm³/mol. The van der Waals surface area contributed by atoms with Crippen molar-refractivity contribution in [2.45, 2.75) is 52.4 Å². The highest BCUT2D eigenvalue weighted by molar-refractivity contribution is 5.97. The summed E-state index contributed by atoms with van der Waals surface area (Å²) in [6, 6.07) is 0. The van der Waals surface area contributed by atoms with E-state index in [9.17, 15) is 4.79 Å². The second kappa shape index (κ2) is 6.96. The fourth-order valence-corrected chi connectivity index (χ4v) is 3.22. The molecule has 3 N–H and O–H groups in total. The van der Waals surface area contributed by atoms with Gasteiger partial charge < -0.3 is 11.1 Å². The van der Waals surface area contributed by atoms with Crippen molar-refractivity contribution in [1.82, 2.24) is 15.1 Å². The number of hydrogen-bond donors (Lipinski definition) is 2. The Bertz CT molecular complexity index is 487. The Labute approximate surface area is 127 Å². The minimum atomic E-state index is -0.105. The minimum Gasteiger partial charge on any atom is -0.395 e. The lowest BCUT2D eigenvalue weighted by Crippen LogP contribution is -2.29. The first-order valence-corrected chi connectivity index (χ1v) is 8.12. The molecule has 0 saturated heterocycles. The lowest BCUT2D eigenvalue weighted by Gasteiger charge is -2.26. The molecular formula is C16H28N4O. The maximum atomic E-state index is 12.3. The van der Waals surface area contributed by atoms with E-state index in [0.717, 1.165) is 36.9 Å². The quantitative estimate of drug-likeness (QED) is 0.875. The molecule has 0 radical (unpaired) electrons. The summed E-state index contributed by atoms with van der Waals surface area (Å²) >= 11 is 0. The molecule has 5 nitrogen and oxygen atoms in total. The van der Waals surface area contributed by atoms with E-state index < -0.39 is 0 Å². The molecule has 1 aliphatic rings. The van der Waals surface area contributed by atoms with Crippen molar-refractivity contribution < 1.29 is 4.79 Å². The maximum absolute atomic E-state index is 12.3. The van der Waals surface area contributed by atoms with E-state index in [1.807, 2.05) is 6.92 Å². The molecular weight excluding hydrogens is 264 g/mol. The van der Waals surface area contributed by atoms with Gasteiger partial charge in [-0.2, -0.15) is 5.10 Å². The first-order valence-electron chi connectivity index (χ1n) is 8.12. The topological polar surface area (TPSA) is 72.9 Å². The number of amides is 1. The highest BCUT2D eigenvalue weighted by Crippen LogP contribution is 2.30. The van der Waals surface area contributed by atoms with Gasteiger partial charge in [0.15, 0.2) is 0 Å². The molecule has 0 atom stereocenters. The highest BCUT2D eigenvalue weighted by Gasteiger charge is 2.20. The van der Waals surface area contributed by atoms with Crippen molar-refractivity contribution in [2.75, 3.05) is 12.3 Å². The van der Waals surface area contributed by atoms with E-state index >= 15 is 0 Å². The van der Waals surface area contributed by atoms with Crippen molar-refractivity contribution >= 4 is 11.6 Å². The zero-order valence-electron chi connectivity index (χ0n) is 13.5. The normalized spacial score (nSPS) is 22.2. The second-order valence-corrected chi connectivity index (χ2v) is 6.36. The van der Waals surface area contributed by atoms with Crippen LogP contribution in [0.1, 0.15) is 62.1 Å². The summed E-state index contributed by atoms with van der Waals surface area (Å²) in [7, 11) is 1.77. The molecule has 1 aromatic rings. The maximum Gasteiger partial charge on any atom is 0.271 e. The molecule has 1 fully saturated rings. The zero-order chi connectivity index (χ0) is 15.4. The summed E-state index contributed by atoms with van der Waals surface area (Å²) in [5.74, 6) is 1.53. The summed E-state index contributed by atoms with van der Waals surface area (Å²) in [5.41, 5.74) is 7.80. The number of carbonyl (C=O) groups is 1. The molecule has 1 amide bonds. The monoisotopic (exact) mass is 292 g/mol. The van der Waals surface area contributed by atoms with Crippen LogP contribution in [0.25, 0.3) is 0 Å². The van der Waals surface area contributed by atoms with Crippen LogP contribution in [0.4, 0.5) is 5.69 Å². The number of rotatable bonds is 5. The third kappa shape index (κ3) is 3.77. The number of nitrogens with zero attached hydrogens (tertiary/aromatic N) is 2. The standard InChI is InChI=1S/C16H28N4O/c1-4-13-14(17)15(20(3)19-13)16(21)18-10-9-12-7-5-11(2)6-8-12/h11-12H,4-10,17H2,1-3H3,(H,18,21). The summed E-state index contributed by atoms with van der Waals surface area (Å²) < 4.78 is 1.59. The predicted octanol–water partition coefficient (Wildman–Crippen LogP) is 2.51. The van der Waals surface area contributed by atoms with Gasteiger partial charge in [0.2, 0.25) is 0 Å². The van der Waals surface area contributed by atoms with Gasteiger partial charge in [0.1, 0.15) is 5.69 Å². The Kier molecular flexibility index (Phi) is 5.26. The summed E-state index contributed by atoms with van der Waals surface area (Å²) in [5, 5.41) is 7.28. The molecule has 1 aliphatic carbocycles. The SMILES string of the molecule is CCc1nn(C)c(C(=O)NCCC2CCC(C)CC2)c1N. The Balaban J connectivity index is 1.83. The Morgan fingerprint density at radius 1 is 1.38 bits per heavy atom. The summed E-state index contributed by atoms with van der Waals surface area (Å²) in [4.78, 5) is 12.3. The average Bonchev–Trinajstić information content (AvgIpc) is 2.75. The van der Waals surface area contributed by atoms with Crippen molar-refractivity contribution in [3.63, 3.8) is 0 Å². The van der Waals surface area contributed by atoms with Crippen molar-refractivity contribution in [3.05, 3.63) is 11.4 Å². The van der Waals surface area contributed by atoms with Crippen LogP contribution >= 0.6 is 0 Å². The largest absolute Gasteiger partial charge is 0.395 e. The van der Waals surface area contributed by atoms with Gasteiger partial charge >= 0.3 is 0 Å². The first-order chi connectivity index (χ1) is 10.0. The van der Waals surface area contributed by atoms with Crippen LogP contribution in [0.2, 0.25) is 0 Å². The first kappa shape index (κ1) is 15.9. The van der Waals surface area contributed by atoms with Crippen molar-refractivity contribution in [3.8, 4) is 0 Å². The summed E-state index contributed by atoms with van der Waals surface area (Å²) in [6.45, 7) is 5.04. The van der Waals surface area contributed by atoms with E-state index in [1.165, 1.54) is 25.7 Å². The van der Waals surface area contributed by atoms with Crippen molar-refractivity contribution in [1.29, 1.82) is 0 Å². The van der Waals surface area contributed by atoms with Gasteiger partial charge in [-0.05, 0) is 24.7 Å². The van der Waals surface area contributed by atoms with Crippen LogP contribution in [-0.2, 0) is 13.5 Å². The molecule has 1 saturated carbocycles. The molecule has 0 bridgehead atoms. The molecule has 21 heavy (non-hydrogen) atoms. The molecule has 0 unspecified atom stereocenters. The molecule has 5 heteroatoms. The van der Waals surface area contributed by atoms with E-state index in [1.54, 1.807) is 11.7 Å². The van der Waals surface area contributed by atoms with Gasteiger partial charge in [-0.15, -0.1) is 0 Å². The van der Waals surface area contributed by atoms with E-state index in [4.69, 9.17) is 5.73 Å². The van der Waals surface area contributed by atoms with Crippen LogP contribution in [0.15, 0.2) is 0 Å². The number of carbonyl (C=O) groups excluding carboxylic acids is 1. The fraction of sp³-hybridized carbons (Fsp3) is 0.750. The lowest BCUT2D eigenvalue weighted by molar-refractivity contribution is 0.0941. The smallest absolute Gasteiger partial charge is 0.271 e. The van der Waals surface area contributed by atoms with Crippen molar-refractivity contribution in [2.24, 2.45) is 18.9 Å². The summed E-state index contributed by atoms with van der Waals surface area (Å²) in [6.07, 6.45) is 7.06. The van der Waals surface area contributed by atoms with Gasteiger partial charge in [0, 0.05) is 13.6 Å². The van der Waals surface area contributed by atoms with Gasteiger partial charge in [-0.25, -0.2) is 0 Å². The van der Waals surface area contributed by atoms with Crippen LogP contribution < -0.4 is 11.1 Å². The molecule has 1 aromatic heterocycles. The van der Waals surface area contributed by atoms with Gasteiger partial charge in [0.25, 0.3) is 5.91 Å². The number of aromatic nitrogens is 2. The van der Waals surface area contributed by atoms with Crippen LogP contribution in [0.5, 0.6) is 0 Å². The molecule has 2 rings (SSSR count). The zero-order valence-corrected chi connectivity index (χ0v) is 13.5. The Hall–Kier alpha value is -1.52. The van der Waals surface area contributed by atoms with Gasteiger partial charge in [0.05, 0.1) is 11.4 Å². The third-order valence-electron chi connectivity index (χ3n) is 4.68. The van der Waals surface area contributed by atoms with Crippen LogP contribution in [0.3, 0.4) is 0 Å². The molecule has 1 heterocycles. The molecule has 0 aromatic carbocycles. The molecule has 0 aliphatic heterocycles. The number of aryl methyl sites for hydroxylation is 2. The van der Waals surface area contributed by atoms with Gasteiger partial charge in [-0.1, -0.05) is 39.5 Å². The van der Waals surface area contributed by atoms with Gasteiger partial charge in [-0.3, -0.25) is 9.48 Å². The molecule has 0 spiro atoms. The number of nitrogen functional groups attached to an aromatic ring is 1. The lowest BCUT2D eigenvalue weighted by atomic mass is 9.81. The fourth-order valence-electron chi connectivity index (χ4n) is 3.22. The van der Waals surface area contributed by atoms with E-state index in [0.29, 0.717) is 11.4 Å². The van der Waals surface area contributed by atoms with Crippen LogP contribution in [0, 0.1) is 11.8 Å². The number of nitrogens with one attached hydrogen (secondary N) is 1. The highest BCUT2D eigenvalue weighted by atomic mass is 16.2. The third-order valence-corrected chi connectivity index (χ3v) is 4.68. The number of anilines is 1. The second-order valence-electron chi connectivity index (χ2n) is 6.36. The number of nitrogens with two attached hydrogens (primary N) is 1. The molecule has 118 valence electrons. The van der Waals surface area contributed by atoms with Crippen LogP contribution in [-0.4, -0.2) is 22.2 Å². The Morgan fingerprint density at radius 2 is 2.05 bits per heavy atom. The van der Waals surface area contributed by atoms with E-state index in [-0.39, 0.29) is 5.91 Å². The number of hydrogen-bond acceptors (Lipinski definition) is 3. The Morgan fingerprint density at radius 3 is 2.62 bits per heavy atom. The van der Waals surface area contributed by atoms with E-state index in [2.05, 4.69) is 17.3 Å². The minimum absolute atomic E-state index is 0.105.